The summed E-state index contributed by atoms with van der Waals surface area (Å²) in [7, 11) is 0. The molecular weight excluding hydrogens is 365 g/mol. The minimum absolute atomic E-state index is 0.920. The van der Waals surface area contributed by atoms with Gasteiger partial charge in [0.1, 0.15) is 0 Å². The van der Waals surface area contributed by atoms with E-state index in [4.69, 9.17) is 0 Å². The molecule has 1 saturated carbocycles. The van der Waals surface area contributed by atoms with Crippen LogP contribution in [0.4, 0.5) is 0 Å². The van der Waals surface area contributed by atoms with Crippen molar-refractivity contribution in [3.8, 4) is 0 Å². The van der Waals surface area contributed by atoms with E-state index in [1.807, 2.05) is 0 Å². The van der Waals surface area contributed by atoms with E-state index in [0.717, 1.165) is 5.92 Å². The van der Waals surface area contributed by atoms with Crippen LogP contribution in [-0.4, -0.2) is 4.57 Å². The fraction of sp³-hybridized carbons (Fsp3) is 0.333. The Morgan fingerprint density at radius 1 is 1.40 bits per heavy atom. The van der Waals surface area contributed by atoms with Gasteiger partial charge < -0.3 is 4.57 Å². The zero-order chi connectivity index (χ0) is 10.4. The van der Waals surface area contributed by atoms with Crippen LogP contribution in [0, 0.1) is 9.49 Å². The molecule has 1 aromatic carbocycles. The van der Waals surface area contributed by atoms with E-state index in [2.05, 4.69) is 67.5 Å². The smallest absolute Gasteiger partial charge is 0.0635 e. The molecule has 3 rings (SSSR count). The van der Waals surface area contributed by atoms with Crippen LogP contribution in [0.15, 0.2) is 28.9 Å². The normalized spacial score (nSPS) is 16.1. The van der Waals surface area contributed by atoms with Crippen LogP contribution in [0.5, 0.6) is 0 Å². The molecule has 1 heterocycles. The maximum Gasteiger partial charge on any atom is 0.0635 e. The molecule has 3 heteroatoms. The quantitative estimate of drug-likeness (QED) is 0.685. The molecule has 0 amide bonds. The van der Waals surface area contributed by atoms with Crippen LogP contribution < -0.4 is 0 Å². The minimum atomic E-state index is 0.920. The second-order valence-electron chi connectivity index (χ2n) is 4.21. The zero-order valence-corrected chi connectivity index (χ0v) is 12.0. The fourth-order valence-electron chi connectivity index (χ4n) is 1.99. The molecule has 1 aromatic heterocycles. The Kier molecular flexibility index (Phi) is 2.55. The molecule has 1 aliphatic rings. The van der Waals surface area contributed by atoms with Crippen molar-refractivity contribution in [1.29, 1.82) is 0 Å². The van der Waals surface area contributed by atoms with Gasteiger partial charge >= 0.3 is 0 Å². The number of rotatable bonds is 2. The van der Waals surface area contributed by atoms with E-state index in [1.165, 1.54) is 38.3 Å². The summed E-state index contributed by atoms with van der Waals surface area (Å²) in [6, 6.07) is 6.43. The van der Waals surface area contributed by atoms with E-state index in [-0.39, 0.29) is 0 Å². The molecule has 1 aliphatic carbocycles. The van der Waals surface area contributed by atoms with Crippen molar-refractivity contribution >= 4 is 49.4 Å². The highest BCUT2D eigenvalue weighted by atomic mass is 127. The van der Waals surface area contributed by atoms with Crippen molar-refractivity contribution in [3.05, 3.63) is 32.4 Å². The number of hydrogen-bond donors (Lipinski definition) is 0. The average Bonchev–Trinajstić information content (AvgIpc) is 2.94. The van der Waals surface area contributed by atoms with Gasteiger partial charge in [-0.15, -0.1) is 0 Å². The van der Waals surface area contributed by atoms with Gasteiger partial charge in [-0.3, -0.25) is 0 Å². The van der Waals surface area contributed by atoms with Gasteiger partial charge in [0.15, 0.2) is 0 Å². The second kappa shape index (κ2) is 3.77. The van der Waals surface area contributed by atoms with Gasteiger partial charge in [-0.1, -0.05) is 12.1 Å². The van der Waals surface area contributed by atoms with Gasteiger partial charge in [-0.05, 0) is 63.3 Å². The number of halogens is 2. The third-order valence-electron chi connectivity index (χ3n) is 2.95. The van der Waals surface area contributed by atoms with Crippen LogP contribution in [0.1, 0.15) is 12.8 Å². The van der Waals surface area contributed by atoms with E-state index < -0.39 is 0 Å². The number of benzene rings is 1. The highest BCUT2D eigenvalue weighted by molar-refractivity contribution is 14.1. The van der Waals surface area contributed by atoms with Crippen molar-refractivity contribution in [2.24, 2.45) is 5.92 Å². The molecule has 1 nitrogen and oxygen atoms in total. The summed E-state index contributed by atoms with van der Waals surface area (Å²) in [5.74, 6) is 0.920. The molecule has 2 aromatic rings. The molecule has 0 N–H and O–H groups in total. The maximum absolute atomic E-state index is 3.65. The Bertz CT molecular complexity index is 514. The first-order valence-electron chi connectivity index (χ1n) is 5.18. The lowest BCUT2D eigenvalue weighted by Crippen LogP contribution is -1.97. The van der Waals surface area contributed by atoms with E-state index in [0.29, 0.717) is 0 Å². The molecule has 78 valence electrons. The number of hydrogen-bond acceptors (Lipinski definition) is 0. The summed E-state index contributed by atoms with van der Waals surface area (Å²) in [5.41, 5.74) is 1.36. The van der Waals surface area contributed by atoms with Gasteiger partial charge in [0.25, 0.3) is 0 Å². The topological polar surface area (TPSA) is 4.93 Å². The molecule has 0 aliphatic heterocycles. The number of para-hydroxylation sites is 1. The summed E-state index contributed by atoms with van der Waals surface area (Å²) in [6.45, 7) is 1.18. The molecular formula is C12H11BrIN. The van der Waals surface area contributed by atoms with Crippen molar-refractivity contribution in [3.63, 3.8) is 0 Å². The van der Waals surface area contributed by atoms with Crippen LogP contribution >= 0.6 is 38.5 Å². The third kappa shape index (κ3) is 1.84. The first-order valence-corrected chi connectivity index (χ1v) is 7.06. The second-order valence-corrected chi connectivity index (χ2v) is 6.23. The number of fused-ring (bicyclic) bond motifs is 1. The van der Waals surface area contributed by atoms with Gasteiger partial charge in [-0.25, -0.2) is 0 Å². The number of aromatic nitrogens is 1. The molecule has 0 spiro atoms. The molecule has 1 fully saturated rings. The monoisotopic (exact) mass is 375 g/mol. The Labute approximate surface area is 111 Å². The highest BCUT2D eigenvalue weighted by Crippen LogP contribution is 2.35. The molecule has 0 bridgehead atoms. The predicted octanol–water partition coefficient (Wildman–Crippen LogP) is 4.42. The van der Waals surface area contributed by atoms with Crippen molar-refractivity contribution < 1.29 is 0 Å². The molecule has 0 atom stereocenters. The lowest BCUT2D eigenvalue weighted by Gasteiger charge is -2.04. The van der Waals surface area contributed by atoms with Gasteiger partial charge in [0.2, 0.25) is 0 Å². The van der Waals surface area contributed by atoms with Gasteiger partial charge in [0.05, 0.1) is 5.52 Å². The minimum Gasteiger partial charge on any atom is -0.345 e. The Hall–Kier alpha value is -0.0300. The summed E-state index contributed by atoms with van der Waals surface area (Å²) in [4.78, 5) is 0. The third-order valence-corrected chi connectivity index (χ3v) is 4.45. The maximum atomic E-state index is 3.65. The Morgan fingerprint density at radius 3 is 2.93 bits per heavy atom. The standard InChI is InChI=1S/C12H11BrIN/c13-10-3-1-2-9-11(14)7-15(12(9)10)6-8-4-5-8/h1-3,7-8H,4-6H2. The molecule has 15 heavy (non-hydrogen) atoms. The Balaban J connectivity index is 2.19. The SMILES string of the molecule is Brc1cccc2c(I)cn(CC3CC3)c12. The van der Waals surface area contributed by atoms with Crippen LogP contribution in [0.25, 0.3) is 10.9 Å². The highest BCUT2D eigenvalue weighted by Gasteiger charge is 2.23. The lowest BCUT2D eigenvalue weighted by atomic mass is 10.2. The van der Waals surface area contributed by atoms with Crippen LogP contribution in [0.2, 0.25) is 0 Å². The summed E-state index contributed by atoms with van der Waals surface area (Å²) in [6.07, 6.45) is 5.08. The lowest BCUT2D eigenvalue weighted by molar-refractivity contribution is 0.646. The van der Waals surface area contributed by atoms with Crippen LogP contribution in [0.3, 0.4) is 0 Å². The largest absolute Gasteiger partial charge is 0.345 e. The van der Waals surface area contributed by atoms with Gasteiger partial charge in [0, 0.05) is 26.2 Å². The average molecular weight is 376 g/mol. The molecule has 0 saturated heterocycles. The van der Waals surface area contributed by atoms with E-state index in [1.54, 1.807) is 0 Å². The first kappa shape index (κ1) is 10.1. The predicted molar refractivity (Wildman–Crippen MR) is 75.1 cm³/mol. The first-order chi connectivity index (χ1) is 7.25. The summed E-state index contributed by atoms with van der Waals surface area (Å²) >= 11 is 6.07. The summed E-state index contributed by atoms with van der Waals surface area (Å²) in [5, 5.41) is 1.37. The molecule has 0 radical (unpaired) electrons. The zero-order valence-electron chi connectivity index (χ0n) is 8.21. The Morgan fingerprint density at radius 2 is 2.20 bits per heavy atom. The summed E-state index contributed by atoms with van der Waals surface area (Å²) < 4.78 is 4.96. The van der Waals surface area contributed by atoms with Crippen molar-refractivity contribution in [2.45, 2.75) is 19.4 Å². The van der Waals surface area contributed by atoms with Crippen molar-refractivity contribution in [2.75, 3.05) is 0 Å². The van der Waals surface area contributed by atoms with E-state index in [9.17, 15) is 0 Å². The fourth-order valence-corrected chi connectivity index (χ4v) is 3.36. The number of nitrogens with zero attached hydrogens (tertiary/aromatic N) is 1. The van der Waals surface area contributed by atoms with Crippen molar-refractivity contribution in [1.82, 2.24) is 4.57 Å². The van der Waals surface area contributed by atoms with Gasteiger partial charge in [-0.2, -0.15) is 0 Å². The van der Waals surface area contributed by atoms with Crippen LogP contribution in [-0.2, 0) is 6.54 Å². The van der Waals surface area contributed by atoms with E-state index >= 15 is 0 Å². The molecule has 0 unspecified atom stereocenters.